The van der Waals surface area contributed by atoms with E-state index < -0.39 is 10.0 Å². The number of anilines is 2. The quantitative estimate of drug-likeness (QED) is 0.826. The van der Waals surface area contributed by atoms with Crippen molar-refractivity contribution in [3.05, 3.63) is 47.5 Å². The Labute approximate surface area is 158 Å². The van der Waals surface area contributed by atoms with Gasteiger partial charge in [-0.1, -0.05) is 32.0 Å². The number of carbonyl (C=O) groups excluding carboxylic acids is 1. The number of para-hydroxylation sites is 1. The van der Waals surface area contributed by atoms with Crippen LogP contribution in [-0.4, -0.2) is 20.1 Å². The zero-order valence-corrected chi connectivity index (χ0v) is 16.6. The largest absolute Gasteiger partial charge is 0.325 e. The molecule has 3 rings (SSSR count). The van der Waals surface area contributed by atoms with Crippen molar-refractivity contribution in [2.75, 3.05) is 15.8 Å². The van der Waals surface area contributed by atoms with Crippen molar-refractivity contribution in [3.63, 3.8) is 0 Å². The van der Waals surface area contributed by atoms with Crippen LogP contribution in [0, 0.1) is 12.8 Å². The van der Waals surface area contributed by atoms with Gasteiger partial charge in [-0.15, -0.1) is 11.8 Å². The smallest absolute Gasteiger partial charge is 0.261 e. The van der Waals surface area contributed by atoms with Crippen LogP contribution in [-0.2, 0) is 21.2 Å². The Hall–Kier alpha value is -1.99. The summed E-state index contributed by atoms with van der Waals surface area (Å²) in [5.41, 5.74) is 2.99. The molecule has 0 radical (unpaired) electrons. The van der Waals surface area contributed by atoms with E-state index in [1.807, 2.05) is 39.0 Å². The van der Waals surface area contributed by atoms with E-state index in [0.717, 1.165) is 22.4 Å². The number of carbonyl (C=O) groups is 1. The fourth-order valence-electron chi connectivity index (χ4n) is 2.81. The average molecular weight is 391 g/mol. The summed E-state index contributed by atoms with van der Waals surface area (Å²) in [6.45, 7) is 5.73. The van der Waals surface area contributed by atoms with E-state index in [4.69, 9.17) is 0 Å². The van der Waals surface area contributed by atoms with Crippen molar-refractivity contribution in [1.29, 1.82) is 0 Å². The second kappa shape index (κ2) is 7.32. The Bertz CT molecular complexity index is 955. The lowest BCUT2D eigenvalue weighted by Gasteiger charge is -2.15. The number of hydrogen-bond acceptors (Lipinski definition) is 4. The minimum absolute atomic E-state index is 0.0917. The Morgan fingerprint density at radius 2 is 2.04 bits per heavy atom. The molecule has 1 amide bonds. The minimum atomic E-state index is -3.76. The van der Waals surface area contributed by atoms with E-state index in [9.17, 15) is 13.2 Å². The lowest BCUT2D eigenvalue weighted by atomic mass is 10.1. The fourth-order valence-corrected chi connectivity index (χ4v) is 5.02. The standard InChI is InChI=1S/C19H22N2O3S2/c1-4-14-7-5-6-12(2)18(14)21-26(23,24)15-8-9-17-16(10-15)20-19(22)13(3)11-25-17/h5-10,13,21H,4,11H2,1-3H3,(H,20,22). The van der Waals surface area contributed by atoms with E-state index in [2.05, 4.69) is 10.0 Å². The fraction of sp³-hybridized carbons (Fsp3) is 0.316. The molecule has 0 aliphatic carbocycles. The number of benzene rings is 2. The summed E-state index contributed by atoms with van der Waals surface area (Å²) in [6, 6.07) is 10.6. The van der Waals surface area contributed by atoms with Gasteiger partial charge < -0.3 is 5.32 Å². The molecular formula is C19H22N2O3S2. The van der Waals surface area contributed by atoms with E-state index in [0.29, 0.717) is 17.1 Å². The van der Waals surface area contributed by atoms with E-state index >= 15 is 0 Å². The van der Waals surface area contributed by atoms with Crippen LogP contribution >= 0.6 is 11.8 Å². The number of aryl methyl sites for hydroxylation is 2. The van der Waals surface area contributed by atoms with Gasteiger partial charge >= 0.3 is 0 Å². The van der Waals surface area contributed by atoms with Gasteiger partial charge in [-0.05, 0) is 42.7 Å². The minimum Gasteiger partial charge on any atom is -0.325 e. The van der Waals surface area contributed by atoms with Crippen LogP contribution in [0.3, 0.4) is 0 Å². The number of rotatable bonds is 4. The summed E-state index contributed by atoms with van der Waals surface area (Å²) in [4.78, 5) is 13.1. The maximum Gasteiger partial charge on any atom is 0.261 e. The summed E-state index contributed by atoms with van der Waals surface area (Å²) >= 11 is 1.55. The summed E-state index contributed by atoms with van der Waals surface area (Å²) in [5, 5.41) is 2.83. The maximum atomic E-state index is 12.9. The molecule has 2 aromatic rings. The molecule has 1 aliphatic heterocycles. The highest BCUT2D eigenvalue weighted by Gasteiger charge is 2.23. The lowest BCUT2D eigenvalue weighted by Crippen LogP contribution is -2.20. The SMILES string of the molecule is CCc1cccc(C)c1NS(=O)(=O)c1ccc2c(c1)NC(=O)C(C)CS2. The number of thioether (sulfide) groups is 1. The van der Waals surface area contributed by atoms with Crippen LogP contribution in [0.2, 0.25) is 0 Å². The summed E-state index contributed by atoms with van der Waals surface area (Å²) in [6.07, 6.45) is 0.730. The Morgan fingerprint density at radius 3 is 2.77 bits per heavy atom. The highest BCUT2D eigenvalue weighted by molar-refractivity contribution is 7.99. The zero-order valence-electron chi connectivity index (χ0n) is 15.0. The van der Waals surface area contributed by atoms with E-state index in [-0.39, 0.29) is 16.7 Å². The molecule has 26 heavy (non-hydrogen) atoms. The van der Waals surface area contributed by atoms with Crippen molar-refractivity contribution in [2.45, 2.75) is 37.0 Å². The molecule has 1 heterocycles. The third-order valence-electron chi connectivity index (χ3n) is 4.43. The number of nitrogens with one attached hydrogen (secondary N) is 2. The molecule has 1 atom stereocenters. The predicted octanol–water partition coefficient (Wildman–Crippen LogP) is 4.04. The van der Waals surface area contributed by atoms with Gasteiger partial charge in [0.1, 0.15) is 0 Å². The second-order valence-electron chi connectivity index (χ2n) is 6.43. The molecule has 2 aromatic carbocycles. The summed E-state index contributed by atoms with van der Waals surface area (Å²) in [7, 11) is -3.76. The van der Waals surface area contributed by atoms with Crippen LogP contribution in [0.5, 0.6) is 0 Å². The first kappa shape index (κ1) is 18.8. The topological polar surface area (TPSA) is 75.3 Å². The summed E-state index contributed by atoms with van der Waals surface area (Å²) in [5.74, 6) is 0.460. The molecule has 0 spiro atoms. The molecule has 0 fully saturated rings. The zero-order chi connectivity index (χ0) is 18.9. The monoisotopic (exact) mass is 390 g/mol. The van der Waals surface area contributed by atoms with Crippen molar-refractivity contribution >= 4 is 39.1 Å². The first-order valence-electron chi connectivity index (χ1n) is 8.51. The third-order valence-corrected chi connectivity index (χ3v) is 7.11. The first-order chi connectivity index (χ1) is 12.3. The van der Waals surface area contributed by atoms with Gasteiger partial charge in [0.05, 0.1) is 16.3 Å². The highest BCUT2D eigenvalue weighted by Crippen LogP contribution is 2.34. The molecule has 0 bridgehead atoms. The van der Waals surface area contributed by atoms with Gasteiger partial charge in [-0.3, -0.25) is 9.52 Å². The van der Waals surface area contributed by atoms with Gasteiger partial charge in [0.15, 0.2) is 0 Å². The lowest BCUT2D eigenvalue weighted by molar-refractivity contribution is -0.118. The second-order valence-corrected chi connectivity index (χ2v) is 9.17. The third kappa shape index (κ3) is 3.73. The highest BCUT2D eigenvalue weighted by atomic mass is 32.2. The number of sulfonamides is 1. The van der Waals surface area contributed by atoms with Gasteiger partial charge in [0.25, 0.3) is 10.0 Å². The van der Waals surface area contributed by atoms with Crippen LogP contribution < -0.4 is 10.0 Å². The van der Waals surface area contributed by atoms with Crippen LogP contribution in [0.4, 0.5) is 11.4 Å². The molecular weight excluding hydrogens is 368 g/mol. The van der Waals surface area contributed by atoms with Crippen molar-refractivity contribution in [1.82, 2.24) is 0 Å². The normalized spacial score (nSPS) is 17.2. The Kier molecular flexibility index (Phi) is 5.29. The van der Waals surface area contributed by atoms with Gasteiger partial charge in [0.2, 0.25) is 5.91 Å². The molecule has 1 aliphatic rings. The van der Waals surface area contributed by atoms with Gasteiger partial charge in [-0.2, -0.15) is 0 Å². The first-order valence-corrected chi connectivity index (χ1v) is 11.0. The number of hydrogen-bond donors (Lipinski definition) is 2. The molecule has 138 valence electrons. The van der Waals surface area contributed by atoms with Crippen molar-refractivity contribution in [2.24, 2.45) is 5.92 Å². The molecule has 5 nitrogen and oxygen atoms in total. The van der Waals surface area contributed by atoms with E-state index in [1.165, 1.54) is 6.07 Å². The van der Waals surface area contributed by atoms with Crippen molar-refractivity contribution < 1.29 is 13.2 Å². The van der Waals surface area contributed by atoms with Gasteiger partial charge in [-0.25, -0.2) is 8.42 Å². The van der Waals surface area contributed by atoms with Crippen molar-refractivity contribution in [3.8, 4) is 0 Å². The van der Waals surface area contributed by atoms with Crippen LogP contribution in [0.1, 0.15) is 25.0 Å². The summed E-state index contributed by atoms with van der Waals surface area (Å²) < 4.78 is 28.5. The van der Waals surface area contributed by atoms with E-state index in [1.54, 1.807) is 23.9 Å². The molecule has 1 unspecified atom stereocenters. The predicted molar refractivity (Wildman–Crippen MR) is 106 cm³/mol. The molecule has 0 saturated carbocycles. The number of fused-ring (bicyclic) bond motifs is 1. The molecule has 2 N–H and O–H groups in total. The van der Waals surface area contributed by atoms with Crippen LogP contribution in [0.15, 0.2) is 46.2 Å². The van der Waals surface area contributed by atoms with Gasteiger partial charge in [0, 0.05) is 16.6 Å². The Balaban J connectivity index is 1.97. The molecule has 0 aromatic heterocycles. The maximum absolute atomic E-state index is 12.9. The molecule has 7 heteroatoms. The number of amides is 1. The molecule has 0 saturated heterocycles. The average Bonchev–Trinajstić information content (AvgIpc) is 2.75. The van der Waals surface area contributed by atoms with Crippen LogP contribution in [0.25, 0.3) is 0 Å². The Morgan fingerprint density at radius 1 is 1.27 bits per heavy atom.